The Balaban J connectivity index is 2.19. The Kier molecular flexibility index (Phi) is 6.23. The molecule has 2 aromatic rings. The third kappa shape index (κ3) is 4.84. The predicted octanol–water partition coefficient (Wildman–Crippen LogP) is 4.28. The second-order valence-corrected chi connectivity index (χ2v) is 6.70. The number of ether oxygens (including phenoxy) is 1. The van der Waals surface area contributed by atoms with Crippen LogP contribution < -0.4 is 4.74 Å². The number of benzene rings is 2. The van der Waals surface area contributed by atoms with E-state index in [4.69, 9.17) is 4.74 Å². The van der Waals surface area contributed by atoms with Gasteiger partial charge in [0.1, 0.15) is 5.75 Å². The lowest BCUT2D eigenvalue weighted by Crippen LogP contribution is -2.25. The highest BCUT2D eigenvalue weighted by atomic mass is 16.5. The first-order valence-electron chi connectivity index (χ1n) is 8.33. The molecular formula is C21H29NO. The summed E-state index contributed by atoms with van der Waals surface area (Å²) in [4.78, 5) is 2.29. The van der Waals surface area contributed by atoms with Crippen molar-refractivity contribution in [3.8, 4) is 5.75 Å². The Morgan fingerprint density at radius 1 is 0.913 bits per heavy atom. The lowest BCUT2D eigenvalue weighted by Gasteiger charge is -2.23. The molecule has 0 fully saturated rings. The molecule has 0 amide bonds. The van der Waals surface area contributed by atoms with Gasteiger partial charge in [0.05, 0.1) is 7.11 Å². The van der Waals surface area contributed by atoms with Crippen molar-refractivity contribution < 1.29 is 4.74 Å². The molecule has 0 bridgehead atoms. The van der Waals surface area contributed by atoms with Gasteiger partial charge in [-0.05, 0) is 75.0 Å². The quantitative estimate of drug-likeness (QED) is 0.757. The Morgan fingerprint density at radius 2 is 1.61 bits per heavy atom. The molecule has 1 unspecified atom stereocenters. The maximum absolute atomic E-state index is 5.44. The first kappa shape index (κ1) is 17.6. The molecule has 2 nitrogen and oxygen atoms in total. The third-order valence-electron chi connectivity index (χ3n) is 4.57. The molecule has 0 aliphatic heterocycles. The summed E-state index contributed by atoms with van der Waals surface area (Å²) in [6, 6.07) is 15.1. The summed E-state index contributed by atoms with van der Waals surface area (Å²) < 4.78 is 5.44. The second kappa shape index (κ2) is 8.16. The van der Waals surface area contributed by atoms with E-state index in [-0.39, 0.29) is 0 Å². The Labute approximate surface area is 141 Å². The molecule has 23 heavy (non-hydrogen) atoms. The highest BCUT2D eigenvalue weighted by Gasteiger charge is 2.15. The summed E-state index contributed by atoms with van der Waals surface area (Å²) in [6.07, 6.45) is 2.22. The maximum atomic E-state index is 5.44. The van der Waals surface area contributed by atoms with Crippen LogP contribution in [-0.4, -0.2) is 32.6 Å². The van der Waals surface area contributed by atoms with Crippen molar-refractivity contribution >= 4 is 0 Å². The number of hydrogen-bond donors (Lipinski definition) is 0. The third-order valence-corrected chi connectivity index (χ3v) is 4.57. The number of rotatable bonds is 7. The van der Waals surface area contributed by atoms with Gasteiger partial charge in [-0.1, -0.05) is 36.4 Å². The standard InChI is InChI=1S/C21H29NO/c1-16-17(2)21(23-5)12-11-20(16)14-19(15-22(3)4)13-18-9-7-6-8-10-18/h6-12,19H,13-15H2,1-5H3. The van der Waals surface area contributed by atoms with Crippen molar-refractivity contribution in [2.75, 3.05) is 27.7 Å². The molecule has 0 aromatic heterocycles. The van der Waals surface area contributed by atoms with Crippen LogP contribution in [0.25, 0.3) is 0 Å². The highest BCUT2D eigenvalue weighted by Crippen LogP contribution is 2.26. The topological polar surface area (TPSA) is 12.5 Å². The van der Waals surface area contributed by atoms with E-state index in [1.165, 1.54) is 22.3 Å². The van der Waals surface area contributed by atoms with E-state index in [0.717, 1.165) is 25.1 Å². The summed E-state index contributed by atoms with van der Waals surface area (Å²) >= 11 is 0. The zero-order chi connectivity index (χ0) is 16.8. The van der Waals surface area contributed by atoms with Crippen molar-refractivity contribution in [2.24, 2.45) is 5.92 Å². The van der Waals surface area contributed by atoms with E-state index in [1.807, 2.05) is 0 Å². The average molecular weight is 311 g/mol. The summed E-state index contributed by atoms with van der Waals surface area (Å²) in [7, 11) is 6.06. The van der Waals surface area contributed by atoms with Gasteiger partial charge in [-0.15, -0.1) is 0 Å². The van der Waals surface area contributed by atoms with E-state index >= 15 is 0 Å². The van der Waals surface area contributed by atoms with Gasteiger partial charge < -0.3 is 9.64 Å². The molecular weight excluding hydrogens is 282 g/mol. The Hall–Kier alpha value is -1.80. The monoisotopic (exact) mass is 311 g/mol. The lowest BCUT2D eigenvalue weighted by molar-refractivity contribution is 0.321. The normalized spacial score (nSPS) is 12.4. The van der Waals surface area contributed by atoms with Gasteiger partial charge in [-0.25, -0.2) is 0 Å². The molecule has 2 rings (SSSR count). The fourth-order valence-electron chi connectivity index (χ4n) is 3.27. The van der Waals surface area contributed by atoms with E-state index < -0.39 is 0 Å². The van der Waals surface area contributed by atoms with Crippen molar-refractivity contribution in [1.29, 1.82) is 0 Å². The minimum absolute atomic E-state index is 0.610. The van der Waals surface area contributed by atoms with Crippen LogP contribution in [0.3, 0.4) is 0 Å². The van der Waals surface area contributed by atoms with E-state index in [0.29, 0.717) is 5.92 Å². The first-order valence-corrected chi connectivity index (χ1v) is 8.33. The van der Waals surface area contributed by atoms with Crippen molar-refractivity contribution in [3.63, 3.8) is 0 Å². The van der Waals surface area contributed by atoms with Gasteiger partial charge in [0.15, 0.2) is 0 Å². The smallest absolute Gasteiger partial charge is 0.122 e. The van der Waals surface area contributed by atoms with Crippen LogP contribution in [0.15, 0.2) is 42.5 Å². The molecule has 0 aliphatic rings. The molecule has 0 saturated carbocycles. The summed E-state index contributed by atoms with van der Waals surface area (Å²) in [6.45, 7) is 5.46. The number of hydrogen-bond acceptors (Lipinski definition) is 2. The molecule has 0 spiro atoms. The molecule has 0 N–H and O–H groups in total. The van der Waals surface area contributed by atoms with Gasteiger partial charge in [-0.2, -0.15) is 0 Å². The van der Waals surface area contributed by atoms with Gasteiger partial charge >= 0.3 is 0 Å². The van der Waals surface area contributed by atoms with Crippen LogP contribution in [-0.2, 0) is 12.8 Å². The average Bonchev–Trinajstić information content (AvgIpc) is 2.52. The largest absolute Gasteiger partial charge is 0.496 e. The molecule has 0 heterocycles. The Bertz CT molecular complexity index is 619. The Morgan fingerprint density at radius 3 is 2.22 bits per heavy atom. The fourth-order valence-corrected chi connectivity index (χ4v) is 3.27. The zero-order valence-corrected chi connectivity index (χ0v) is 15.1. The van der Waals surface area contributed by atoms with Crippen LogP contribution >= 0.6 is 0 Å². The van der Waals surface area contributed by atoms with Crippen molar-refractivity contribution in [1.82, 2.24) is 4.90 Å². The fraction of sp³-hybridized carbons (Fsp3) is 0.429. The van der Waals surface area contributed by atoms with Gasteiger partial charge in [0, 0.05) is 6.54 Å². The molecule has 0 aliphatic carbocycles. The molecule has 2 aromatic carbocycles. The molecule has 124 valence electrons. The first-order chi connectivity index (χ1) is 11.0. The summed E-state index contributed by atoms with van der Waals surface area (Å²) in [5, 5.41) is 0. The van der Waals surface area contributed by atoms with E-state index in [9.17, 15) is 0 Å². The minimum atomic E-state index is 0.610. The van der Waals surface area contributed by atoms with Crippen molar-refractivity contribution in [2.45, 2.75) is 26.7 Å². The van der Waals surface area contributed by atoms with Gasteiger partial charge in [-0.3, -0.25) is 0 Å². The lowest BCUT2D eigenvalue weighted by atomic mass is 9.89. The van der Waals surface area contributed by atoms with Crippen LogP contribution in [0.2, 0.25) is 0 Å². The van der Waals surface area contributed by atoms with Crippen molar-refractivity contribution in [3.05, 3.63) is 64.7 Å². The molecule has 1 atom stereocenters. The van der Waals surface area contributed by atoms with Gasteiger partial charge in [0.2, 0.25) is 0 Å². The van der Waals surface area contributed by atoms with E-state index in [1.54, 1.807) is 7.11 Å². The number of methoxy groups -OCH3 is 1. The summed E-state index contributed by atoms with van der Waals surface area (Å²) in [5.41, 5.74) is 5.47. The molecule has 0 saturated heterocycles. The van der Waals surface area contributed by atoms with Crippen LogP contribution in [0.5, 0.6) is 5.75 Å². The van der Waals surface area contributed by atoms with Crippen LogP contribution in [0.1, 0.15) is 22.3 Å². The second-order valence-electron chi connectivity index (χ2n) is 6.70. The van der Waals surface area contributed by atoms with E-state index in [2.05, 4.69) is 75.3 Å². The summed E-state index contributed by atoms with van der Waals surface area (Å²) in [5.74, 6) is 1.59. The predicted molar refractivity (Wildman–Crippen MR) is 98.4 cm³/mol. The highest BCUT2D eigenvalue weighted by molar-refractivity contribution is 5.43. The maximum Gasteiger partial charge on any atom is 0.122 e. The van der Waals surface area contributed by atoms with Crippen LogP contribution in [0, 0.1) is 19.8 Å². The number of nitrogens with zero attached hydrogens (tertiary/aromatic N) is 1. The zero-order valence-electron chi connectivity index (χ0n) is 15.1. The molecule has 2 heteroatoms. The SMILES string of the molecule is COc1ccc(CC(Cc2ccccc2)CN(C)C)c(C)c1C. The van der Waals surface area contributed by atoms with Gasteiger partial charge in [0.25, 0.3) is 0 Å². The van der Waals surface area contributed by atoms with Crippen LogP contribution in [0.4, 0.5) is 0 Å². The molecule has 0 radical (unpaired) electrons. The minimum Gasteiger partial charge on any atom is -0.496 e.